The second kappa shape index (κ2) is 6.22. The van der Waals surface area contributed by atoms with Crippen LogP contribution in [-0.2, 0) is 6.54 Å². The van der Waals surface area contributed by atoms with Crippen molar-refractivity contribution in [2.75, 3.05) is 25.0 Å². The molecular weight excluding hydrogens is 278 g/mol. The van der Waals surface area contributed by atoms with Gasteiger partial charge in [-0.25, -0.2) is 4.98 Å². The number of rotatable bonds is 4. The lowest BCUT2D eigenvalue weighted by atomic mass is 10.2. The van der Waals surface area contributed by atoms with Crippen molar-refractivity contribution in [3.8, 4) is 0 Å². The van der Waals surface area contributed by atoms with E-state index < -0.39 is 0 Å². The highest BCUT2D eigenvalue weighted by molar-refractivity contribution is 5.98. The van der Waals surface area contributed by atoms with Gasteiger partial charge in [0, 0.05) is 26.3 Å². The first-order chi connectivity index (χ1) is 10.6. The Morgan fingerprint density at radius 1 is 1.32 bits per heavy atom. The quantitative estimate of drug-likeness (QED) is 0.871. The Labute approximate surface area is 130 Å². The molecule has 22 heavy (non-hydrogen) atoms. The number of carbonyl (C=O) groups is 1. The Kier molecular flexibility index (Phi) is 4.13. The van der Waals surface area contributed by atoms with Crippen LogP contribution in [0.2, 0.25) is 0 Å². The Bertz CT molecular complexity index is 659. The van der Waals surface area contributed by atoms with Crippen LogP contribution in [0.4, 0.5) is 5.82 Å². The number of aryl methyl sites for hydroxylation is 1. The number of carbonyl (C=O) groups excluding carboxylic acids is 1. The van der Waals surface area contributed by atoms with E-state index >= 15 is 0 Å². The number of aromatic nitrogens is 1. The zero-order valence-corrected chi connectivity index (χ0v) is 13.1. The Balaban J connectivity index is 1.79. The lowest BCUT2D eigenvalue weighted by Gasteiger charge is -2.22. The molecule has 1 amide bonds. The summed E-state index contributed by atoms with van der Waals surface area (Å²) in [7, 11) is 1.79. The highest BCUT2D eigenvalue weighted by Gasteiger charge is 2.23. The molecular formula is C17H21N3O2. The molecule has 0 radical (unpaired) electrons. The van der Waals surface area contributed by atoms with Crippen molar-refractivity contribution in [2.24, 2.45) is 0 Å². The van der Waals surface area contributed by atoms with Crippen LogP contribution < -0.4 is 4.90 Å². The van der Waals surface area contributed by atoms with E-state index in [1.54, 1.807) is 18.1 Å². The largest absolute Gasteiger partial charge is 0.464 e. The highest BCUT2D eigenvalue weighted by Crippen LogP contribution is 2.23. The first-order valence-corrected chi connectivity index (χ1v) is 7.66. The van der Waals surface area contributed by atoms with Crippen LogP contribution in [0.1, 0.15) is 34.7 Å². The summed E-state index contributed by atoms with van der Waals surface area (Å²) in [6, 6.07) is 7.49. The molecule has 5 nitrogen and oxygen atoms in total. The van der Waals surface area contributed by atoms with Gasteiger partial charge in [-0.2, -0.15) is 0 Å². The fourth-order valence-corrected chi connectivity index (χ4v) is 2.83. The van der Waals surface area contributed by atoms with Crippen LogP contribution in [0.15, 0.2) is 34.9 Å². The van der Waals surface area contributed by atoms with Crippen molar-refractivity contribution in [2.45, 2.75) is 26.3 Å². The van der Waals surface area contributed by atoms with E-state index in [2.05, 4.69) is 9.88 Å². The number of furan rings is 1. The number of amides is 1. The molecule has 0 aliphatic carbocycles. The summed E-state index contributed by atoms with van der Waals surface area (Å²) in [6.45, 7) is 4.30. The molecule has 0 bridgehead atoms. The second-order valence-electron chi connectivity index (χ2n) is 5.74. The van der Waals surface area contributed by atoms with Gasteiger partial charge in [0.1, 0.15) is 17.3 Å². The molecule has 3 heterocycles. The van der Waals surface area contributed by atoms with Gasteiger partial charge in [-0.3, -0.25) is 4.79 Å². The molecule has 0 atom stereocenters. The smallest absolute Gasteiger partial charge is 0.257 e. The average molecular weight is 299 g/mol. The molecule has 3 rings (SSSR count). The van der Waals surface area contributed by atoms with Crippen LogP contribution in [-0.4, -0.2) is 35.9 Å². The standard InChI is InChI=1S/C17H21N3O2/c1-13-7-8-14(22-13)12-19(2)17(21)15-6-5-9-18-16(15)20-10-3-4-11-20/h5-9H,3-4,10-12H2,1-2H3. The maximum atomic E-state index is 12.8. The van der Waals surface area contributed by atoms with E-state index in [1.165, 1.54) is 0 Å². The van der Waals surface area contributed by atoms with Gasteiger partial charge in [-0.05, 0) is 44.0 Å². The lowest BCUT2D eigenvalue weighted by Crippen LogP contribution is -2.29. The van der Waals surface area contributed by atoms with E-state index in [0.717, 1.165) is 43.3 Å². The number of pyridine rings is 1. The second-order valence-corrected chi connectivity index (χ2v) is 5.74. The first kappa shape index (κ1) is 14.6. The monoisotopic (exact) mass is 299 g/mol. The third-order valence-corrected chi connectivity index (χ3v) is 3.96. The molecule has 0 aromatic carbocycles. The predicted octanol–water partition coefficient (Wildman–Crippen LogP) is 2.86. The van der Waals surface area contributed by atoms with Crippen LogP contribution in [0, 0.1) is 6.92 Å². The summed E-state index contributed by atoms with van der Waals surface area (Å²) < 4.78 is 5.55. The number of hydrogen-bond acceptors (Lipinski definition) is 4. The number of anilines is 1. The minimum atomic E-state index is -0.0240. The third kappa shape index (κ3) is 2.98. The van der Waals surface area contributed by atoms with E-state index in [9.17, 15) is 4.79 Å². The first-order valence-electron chi connectivity index (χ1n) is 7.66. The zero-order valence-electron chi connectivity index (χ0n) is 13.1. The molecule has 1 saturated heterocycles. The molecule has 2 aromatic rings. The van der Waals surface area contributed by atoms with Crippen LogP contribution in [0.5, 0.6) is 0 Å². The zero-order chi connectivity index (χ0) is 15.5. The molecule has 0 unspecified atom stereocenters. The molecule has 0 spiro atoms. The highest BCUT2D eigenvalue weighted by atomic mass is 16.3. The van der Waals surface area contributed by atoms with Crippen LogP contribution in [0.3, 0.4) is 0 Å². The molecule has 1 fully saturated rings. The summed E-state index contributed by atoms with van der Waals surface area (Å²) in [5, 5.41) is 0. The average Bonchev–Trinajstić information content (AvgIpc) is 3.18. The normalized spacial score (nSPS) is 14.4. The molecule has 1 aliphatic heterocycles. The van der Waals surface area contributed by atoms with Crippen molar-refractivity contribution in [3.05, 3.63) is 47.5 Å². The molecule has 0 N–H and O–H groups in total. The van der Waals surface area contributed by atoms with Crippen LogP contribution >= 0.6 is 0 Å². The molecule has 116 valence electrons. The summed E-state index contributed by atoms with van der Waals surface area (Å²) in [5.74, 6) is 2.42. The third-order valence-electron chi connectivity index (χ3n) is 3.96. The van der Waals surface area contributed by atoms with Crippen LogP contribution in [0.25, 0.3) is 0 Å². The Hall–Kier alpha value is -2.30. The van der Waals surface area contributed by atoms with Crippen molar-refractivity contribution < 1.29 is 9.21 Å². The summed E-state index contributed by atoms with van der Waals surface area (Å²) in [5.41, 5.74) is 0.662. The van der Waals surface area contributed by atoms with Gasteiger partial charge >= 0.3 is 0 Å². The fraction of sp³-hybridized carbons (Fsp3) is 0.412. The van der Waals surface area contributed by atoms with E-state index in [4.69, 9.17) is 4.42 Å². The Morgan fingerprint density at radius 2 is 2.09 bits per heavy atom. The summed E-state index contributed by atoms with van der Waals surface area (Å²) in [4.78, 5) is 21.0. The fourth-order valence-electron chi connectivity index (χ4n) is 2.83. The van der Waals surface area contributed by atoms with Crippen molar-refractivity contribution in [1.29, 1.82) is 0 Å². The van der Waals surface area contributed by atoms with Gasteiger partial charge in [-0.1, -0.05) is 0 Å². The topological polar surface area (TPSA) is 49.6 Å². The number of nitrogens with zero attached hydrogens (tertiary/aromatic N) is 3. The summed E-state index contributed by atoms with van der Waals surface area (Å²) in [6.07, 6.45) is 4.07. The van der Waals surface area contributed by atoms with Gasteiger partial charge < -0.3 is 14.2 Å². The van der Waals surface area contributed by atoms with Gasteiger partial charge in [0.05, 0.1) is 12.1 Å². The van der Waals surface area contributed by atoms with Gasteiger partial charge in [-0.15, -0.1) is 0 Å². The van der Waals surface area contributed by atoms with E-state index in [0.29, 0.717) is 12.1 Å². The van der Waals surface area contributed by atoms with Gasteiger partial charge in [0.25, 0.3) is 5.91 Å². The van der Waals surface area contributed by atoms with Gasteiger partial charge in [0.15, 0.2) is 0 Å². The molecule has 0 saturated carbocycles. The molecule has 1 aliphatic rings. The summed E-state index contributed by atoms with van der Waals surface area (Å²) >= 11 is 0. The maximum absolute atomic E-state index is 12.8. The molecule has 2 aromatic heterocycles. The van der Waals surface area contributed by atoms with E-state index in [-0.39, 0.29) is 5.91 Å². The molecule has 5 heteroatoms. The van der Waals surface area contributed by atoms with Crippen molar-refractivity contribution in [1.82, 2.24) is 9.88 Å². The predicted molar refractivity (Wildman–Crippen MR) is 84.9 cm³/mol. The number of hydrogen-bond donors (Lipinski definition) is 0. The SMILES string of the molecule is Cc1ccc(CN(C)C(=O)c2cccnc2N2CCCC2)o1. The van der Waals surface area contributed by atoms with Crippen molar-refractivity contribution in [3.63, 3.8) is 0 Å². The Morgan fingerprint density at radius 3 is 2.77 bits per heavy atom. The minimum absolute atomic E-state index is 0.0240. The lowest BCUT2D eigenvalue weighted by molar-refractivity contribution is 0.0775. The van der Waals surface area contributed by atoms with Gasteiger partial charge in [0.2, 0.25) is 0 Å². The maximum Gasteiger partial charge on any atom is 0.257 e. The van der Waals surface area contributed by atoms with Crippen molar-refractivity contribution >= 4 is 11.7 Å². The minimum Gasteiger partial charge on any atom is -0.464 e. The van der Waals surface area contributed by atoms with E-state index in [1.807, 2.05) is 31.2 Å².